The van der Waals surface area contributed by atoms with E-state index in [0.717, 1.165) is 22.7 Å². The van der Waals surface area contributed by atoms with Gasteiger partial charge >= 0.3 is 5.97 Å². The van der Waals surface area contributed by atoms with Crippen molar-refractivity contribution in [1.82, 2.24) is 14.3 Å². The maximum absolute atomic E-state index is 12.3. The maximum atomic E-state index is 12.3. The molecule has 0 bridgehead atoms. The van der Waals surface area contributed by atoms with Gasteiger partial charge in [-0.25, -0.2) is 9.78 Å². The molecule has 2 N–H and O–H groups in total. The first-order chi connectivity index (χ1) is 12.9. The molecule has 7 nitrogen and oxygen atoms in total. The molecule has 2 aliphatic heterocycles. The Morgan fingerprint density at radius 1 is 1.41 bits per heavy atom. The molecule has 4 heterocycles. The first-order valence-corrected chi connectivity index (χ1v) is 9.92. The number of rotatable bonds is 6. The molecule has 0 saturated carbocycles. The van der Waals surface area contributed by atoms with Crippen molar-refractivity contribution in [2.45, 2.75) is 32.4 Å². The second-order valence-electron chi connectivity index (χ2n) is 7.05. The number of aryl methyl sites for hydroxylation is 1. The summed E-state index contributed by atoms with van der Waals surface area (Å²) in [5, 5.41) is 19.5. The number of carbonyl (C=O) groups is 2. The van der Waals surface area contributed by atoms with Crippen LogP contribution in [0.4, 0.5) is 0 Å². The zero-order valence-electron chi connectivity index (χ0n) is 15.1. The van der Waals surface area contributed by atoms with E-state index in [1.54, 1.807) is 6.92 Å². The largest absolute Gasteiger partial charge is 0.477 e. The number of carboxylic acid groups (broad SMARTS) is 1. The molecule has 142 valence electrons. The summed E-state index contributed by atoms with van der Waals surface area (Å²) in [7, 11) is 0. The number of β-lactam (4-membered cyclic amide) rings is 1. The fraction of sp³-hybridized carbons (Fsp3) is 0.421. The van der Waals surface area contributed by atoms with Crippen molar-refractivity contribution in [1.29, 1.82) is 0 Å². The van der Waals surface area contributed by atoms with Crippen LogP contribution in [0.2, 0.25) is 0 Å². The number of amides is 1. The summed E-state index contributed by atoms with van der Waals surface area (Å²) in [5.41, 5.74) is 2.02. The lowest BCUT2D eigenvalue weighted by Gasteiger charge is -2.46. The first kappa shape index (κ1) is 18.1. The Hall–Kier alpha value is -2.32. The first-order valence-electron chi connectivity index (χ1n) is 8.94. The number of aliphatic carboxylic acids is 1. The van der Waals surface area contributed by atoms with E-state index in [2.05, 4.69) is 4.98 Å². The number of aliphatic hydroxyl groups is 1. The fourth-order valence-corrected chi connectivity index (χ4v) is 5.41. The van der Waals surface area contributed by atoms with Crippen LogP contribution < -0.4 is 0 Å². The monoisotopic (exact) mass is 387 g/mol. The molecule has 0 spiro atoms. The molecule has 2 aromatic rings. The Kier molecular flexibility index (Phi) is 4.47. The number of aliphatic hydroxyl groups excluding tert-OH is 1. The number of hydrogen-bond donors (Lipinski definition) is 2. The van der Waals surface area contributed by atoms with Crippen molar-refractivity contribution in [3.05, 3.63) is 46.9 Å². The molecular weight excluding hydrogens is 366 g/mol. The van der Waals surface area contributed by atoms with E-state index in [1.165, 1.54) is 16.7 Å². The number of carbonyl (C=O) groups excluding carboxylic acids is 1. The number of imidazole rings is 1. The van der Waals surface area contributed by atoms with Crippen LogP contribution in [-0.4, -0.2) is 54.3 Å². The molecule has 3 unspecified atom stereocenters. The Morgan fingerprint density at radius 2 is 2.19 bits per heavy atom. The van der Waals surface area contributed by atoms with Gasteiger partial charge in [0.25, 0.3) is 0 Å². The summed E-state index contributed by atoms with van der Waals surface area (Å²) in [6.45, 7) is 3.52. The SMILES string of the molecule is CC(O)C1C(=O)N2C(C(=O)O)=C(SCCc3cnc4ccccn34)[C@H](C)C12. The lowest BCUT2D eigenvalue weighted by Crippen LogP contribution is -2.63. The van der Waals surface area contributed by atoms with E-state index in [9.17, 15) is 19.8 Å². The molecule has 0 aromatic carbocycles. The summed E-state index contributed by atoms with van der Waals surface area (Å²) in [5.74, 6) is -1.31. The number of thioether (sulfide) groups is 1. The third kappa shape index (κ3) is 2.74. The van der Waals surface area contributed by atoms with Crippen LogP contribution in [0.1, 0.15) is 19.5 Å². The molecule has 2 aliphatic rings. The second kappa shape index (κ2) is 6.69. The third-order valence-corrected chi connectivity index (χ3v) is 6.70. The topological polar surface area (TPSA) is 95.1 Å². The number of carboxylic acids is 1. The lowest BCUT2D eigenvalue weighted by molar-refractivity contribution is -0.163. The Morgan fingerprint density at radius 3 is 2.89 bits per heavy atom. The van der Waals surface area contributed by atoms with Gasteiger partial charge in [0.15, 0.2) is 0 Å². The van der Waals surface area contributed by atoms with Gasteiger partial charge < -0.3 is 19.5 Å². The van der Waals surface area contributed by atoms with Gasteiger partial charge in [-0.05, 0) is 25.5 Å². The van der Waals surface area contributed by atoms with Crippen LogP contribution in [0.15, 0.2) is 41.2 Å². The molecule has 4 atom stereocenters. The second-order valence-corrected chi connectivity index (χ2v) is 8.19. The van der Waals surface area contributed by atoms with Gasteiger partial charge in [-0.1, -0.05) is 13.0 Å². The van der Waals surface area contributed by atoms with Gasteiger partial charge in [0.2, 0.25) is 5.91 Å². The molecular formula is C19H21N3O4S. The number of hydrogen-bond acceptors (Lipinski definition) is 5. The predicted molar refractivity (Wildman–Crippen MR) is 101 cm³/mol. The summed E-state index contributed by atoms with van der Waals surface area (Å²) in [6.07, 6.45) is 3.75. The smallest absolute Gasteiger partial charge is 0.353 e. The van der Waals surface area contributed by atoms with Gasteiger partial charge in [0, 0.05) is 34.7 Å². The van der Waals surface area contributed by atoms with Crippen molar-refractivity contribution >= 4 is 29.3 Å². The van der Waals surface area contributed by atoms with Crippen LogP contribution in [-0.2, 0) is 16.0 Å². The van der Waals surface area contributed by atoms with E-state index in [-0.39, 0.29) is 23.6 Å². The highest BCUT2D eigenvalue weighted by Crippen LogP contribution is 2.50. The summed E-state index contributed by atoms with van der Waals surface area (Å²) in [4.78, 5) is 30.6. The Balaban J connectivity index is 1.52. The van der Waals surface area contributed by atoms with Crippen LogP contribution in [0.25, 0.3) is 5.65 Å². The van der Waals surface area contributed by atoms with Crippen molar-refractivity contribution in [3.63, 3.8) is 0 Å². The van der Waals surface area contributed by atoms with Crippen LogP contribution in [0.3, 0.4) is 0 Å². The number of nitrogens with zero attached hydrogens (tertiary/aromatic N) is 3. The molecule has 8 heteroatoms. The highest BCUT2D eigenvalue weighted by atomic mass is 32.2. The predicted octanol–water partition coefficient (Wildman–Crippen LogP) is 1.76. The minimum atomic E-state index is -1.08. The van der Waals surface area contributed by atoms with E-state index >= 15 is 0 Å². The quantitative estimate of drug-likeness (QED) is 0.734. The van der Waals surface area contributed by atoms with E-state index in [1.807, 2.05) is 41.9 Å². The van der Waals surface area contributed by atoms with Gasteiger partial charge in [-0.2, -0.15) is 0 Å². The standard InChI is InChI=1S/C19H21N3O4S/c1-10-15-14(11(2)23)18(24)22(15)16(19(25)26)17(10)27-8-6-12-9-20-13-5-3-4-7-21(12)13/h3-5,7,9-11,14-15,23H,6,8H2,1-2H3,(H,25,26)/t10-,11?,14?,15?/m1/s1. The molecule has 1 saturated heterocycles. The Bertz CT molecular complexity index is 951. The minimum absolute atomic E-state index is 0.0811. The highest BCUT2D eigenvalue weighted by Gasteiger charge is 2.59. The molecule has 0 radical (unpaired) electrons. The zero-order chi connectivity index (χ0) is 19.3. The van der Waals surface area contributed by atoms with E-state index < -0.39 is 18.0 Å². The summed E-state index contributed by atoms with van der Waals surface area (Å²) >= 11 is 1.48. The van der Waals surface area contributed by atoms with Crippen molar-refractivity contribution in [2.75, 3.05) is 5.75 Å². The molecule has 1 amide bonds. The number of aromatic nitrogens is 2. The molecule has 1 fully saturated rings. The fourth-order valence-electron chi connectivity index (χ4n) is 4.15. The van der Waals surface area contributed by atoms with Gasteiger partial charge in [-0.3, -0.25) is 4.79 Å². The van der Waals surface area contributed by atoms with Crippen LogP contribution in [0.5, 0.6) is 0 Å². The van der Waals surface area contributed by atoms with Crippen LogP contribution >= 0.6 is 11.8 Å². The number of fused-ring (bicyclic) bond motifs is 2. The zero-order valence-corrected chi connectivity index (χ0v) is 15.9. The summed E-state index contributed by atoms with van der Waals surface area (Å²) < 4.78 is 2.02. The van der Waals surface area contributed by atoms with Gasteiger partial charge in [-0.15, -0.1) is 11.8 Å². The van der Waals surface area contributed by atoms with Gasteiger partial charge in [0.05, 0.1) is 18.1 Å². The summed E-state index contributed by atoms with van der Waals surface area (Å²) in [6, 6.07) is 5.56. The van der Waals surface area contributed by atoms with Gasteiger partial charge in [0.1, 0.15) is 11.3 Å². The minimum Gasteiger partial charge on any atom is -0.477 e. The average molecular weight is 387 g/mol. The van der Waals surface area contributed by atoms with Crippen molar-refractivity contribution < 1.29 is 19.8 Å². The van der Waals surface area contributed by atoms with E-state index in [4.69, 9.17) is 0 Å². The molecule has 4 rings (SSSR count). The Labute approximate surface area is 160 Å². The highest BCUT2D eigenvalue weighted by molar-refractivity contribution is 8.03. The number of pyridine rings is 1. The maximum Gasteiger partial charge on any atom is 0.353 e. The molecule has 2 aromatic heterocycles. The molecule has 0 aliphatic carbocycles. The van der Waals surface area contributed by atoms with Crippen LogP contribution in [0, 0.1) is 11.8 Å². The van der Waals surface area contributed by atoms with Crippen molar-refractivity contribution in [3.8, 4) is 0 Å². The van der Waals surface area contributed by atoms with Crippen molar-refractivity contribution in [2.24, 2.45) is 11.8 Å². The van der Waals surface area contributed by atoms with E-state index in [0.29, 0.717) is 5.75 Å². The molecule has 27 heavy (non-hydrogen) atoms. The lowest BCUT2D eigenvalue weighted by atomic mass is 9.79. The third-order valence-electron chi connectivity index (χ3n) is 5.42. The normalized spacial score (nSPS) is 25.7. The average Bonchev–Trinajstić information content (AvgIpc) is 3.13.